The van der Waals surface area contributed by atoms with E-state index in [9.17, 15) is 13.2 Å². The topological polar surface area (TPSA) is 89.5 Å². The van der Waals surface area contributed by atoms with E-state index in [1.165, 1.54) is 30.6 Å². The third kappa shape index (κ3) is 5.86. The Hall–Kier alpha value is -3.30. The number of hydrogen-bond acceptors (Lipinski definition) is 7. The molecule has 0 radical (unpaired) electrons. The lowest BCUT2D eigenvalue weighted by Crippen LogP contribution is -2.30. The number of anilines is 1. The highest BCUT2D eigenvalue weighted by Crippen LogP contribution is 2.32. The number of carbonyl (C=O) groups excluding carboxylic acids is 1. The van der Waals surface area contributed by atoms with E-state index in [1.54, 1.807) is 29.4 Å². The van der Waals surface area contributed by atoms with Gasteiger partial charge in [0.15, 0.2) is 15.0 Å². The van der Waals surface area contributed by atoms with Gasteiger partial charge in [-0.2, -0.15) is 0 Å². The fraction of sp³-hybridized carbons (Fsp3) is 0.269. The lowest BCUT2D eigenvalue weighted by Gasteiger charge is -2.20. The normalized spacial score (nSPS) is 11.5. The van der Waals surface area contributed by atoms with Crippen molar-refractivity contribution in [1.29, 1.82) is 0 Å². The lowest BCUT2D eigenvalue weighted by atomic mass is 10.1. The van der Waals surface area contributed by atoms with Crippen molar-refractivity contribution in [3.8, 4) is 5.75 Å². The number of thiazole rings is 1. The average molecular weight is 510 g/mol. The second kappa shape index (κ2) is 11.0. The highest BCUT2D eigenvalue weighted by atomic mass is 32.2. The molecule has 0 saturated carbocycles. The van der Waals surface area contributed by atoms with Gasteiger partial charge in [-0.15, -0.1) is 0 Å². The van der Waals surface area contributed by atoms with E-state index >= 15 is 0 Å². The number of nitrogens with zero attached hydrogens (tertiary/aromatic N) is 3. The molecule has 0 unspecified atom stereocenters. The van der Waals surface area contributed by atoms with Gasteiger partial charge in [0.2, 0.25) is 5.91 Å². The van der Waals surface area contributed by atoms with Gasteiger partial charge in [-0.1, -0.05) is 36.5 Å². The monoisotopic (exact) mass is 509 g/mol. The van der Waals surface area contributed by atoms with Crippen LogP contribution in [0.3, 0.4) is 0 Å². The minimum atomic E-state index is -3.51. The van der Waals surface area contributed by atoms with Crippen LogP contribution in [0.5, 0.6) is 5.75 Å². The smallest absolute Gasteiger partial charge is 0.229 e. The molecule has 4 aromatic rings. The predicted octanol–water partition coefficient (Wildman–Crippen LogP) is 5.05. The maximum atomic E-state index is 13.3. The quantitative estimate of drug-likeness (QED) is 0.297. The highest BCUT2D eigenvalue weighted by Gasteiger charge is 2.22. The third-order valence-corrected chi connectivity index (χ3v) is 8.55. The van der Waals surface area contributed by atoms with E-state index in [1.807, 2.05) is 30.3 Å². The minimum Gasteiger partial charge on any atom is -0.497 e. The molecule has 0 saturated heterocycles. The molecule has 2 aromatic heterocycles. The standard InChI is InChI=1S/C26H27N3O4S2/c1-3-20-8-4-9-23-25(20)28-26(34-23)29(18-19-7-5-15-27-17-19)24(30)10-6-16-35(31,32)22-13-11-21(33-2)12-14-22/h4-5,7-9,11-15,17H,3,6,10,16,18H2,1-2H3. The number of carbonyl (C=O) groups is 1. The van der Waals surface area contributed by atoms with Crippen LogP contribution in [0.25, 0.3) is 10.2 Å². The number of amides is 1. The molecule has 0 atom stereocenters. The summed E-state index contributed by atoms with van der Waals surface area (Å²) in [7, 11) is -1.98. The predicted molar refractivity (Wildman–Crippen MR) is 139 cm³/mol. The van der Waals surface area contributed by atoms with Crippen molar-refractivity contribution < 1.29 is 17.9 Å². The van der Waals surface area contributed by atoms with Crippen molar-refractivity contribution in [2.24, 2.45) is 0 Å². The number of fused-ring (bicyclic) bond motifs is 1. The zero-order chi connectivity index (χ0) is 24.8. The molecular weight excluding hydrogens is 482 g/mol. The molecule has 0 fully saturated rings. The summed E-state index contributed by atoms with van der Waals surface area (Å²) < 4.78 is 31.6. The molecule has 0 spiro atoms. The fourth-order valence-corrected chi connectivity index (χ4v) is 6.12. The van der Waals surface area contributed by atoms with E-state index in [0.717, 1.165) is 27.8 Å². The van der Waals surface area contributed by atoms with Crippen LogP contribution in [0.1, 0.15) is 30.9 Å². The molecule has 7 nitrogen and oxygen atoms in total. The van der Waals surface area contributed by atoms with Crippen LogP contribution in [0, 0.1) is 0 Å². The number of benzene rings is 2. The number of para-hydroxylation sites is 1. The van der Waals surface area contributed by atoms with E-state index in [-0.39, 0.29) is 29.4 Å². The van der Waals surface area contributed by atoms with Crippen molar-refractivity contribution in [3.63, 3.8) is 0 Å². The number of sulfone groups is 1. The number of hydrogen-bond donors (Lipinski definition) is 0. The molecule has 0 bridgehead atoms. The fourth-order valence-electron chi connectivity index (χ4n) is 3.78. The van der Waals surface area contributed by atoms with Crippen molar-refractivity contribution in [2.75, 3.05) is 17.8 Å². The molecule has 182 valence electrons. The van der Waals surface area contributed by atoms with Gasteiger partial charge in [-0.05, 0) is 60.4 Å². The second-order valence-electron chi connectivity index (χ2n) is 8.05. The Morgan fingerprint density at radius 1 is 1.09 bits per heavy atom. The molecule has 4 rings (SSSR count). The van der Waals surface area contributed by atoms with Crippen molar-refractivity contribution in [1.82, 2.24) is 9.97 Å². The van der Waals surface area contributed by atoms with Gasteiger partial charge in [-0.25, -0.2) is 13.4 Å². The van der Waals surface area contributed by atoms with Gasteiger partial charge in [0, 0.05) is 18.8 Å². The molecular formula is C26H27N3O4S2. The van der Waals surface area contributed by atoms with Crippen LogP contribution < -0.4 is 9.64 Å². The number of methoxy groups -OCH3 is 1. The molecule has 9 heteroatoms. The molecule has 1 amide bonds. The Bertz CT molecular complexity index is 1400. The molecule has 35 heavy (non-hydrogen) atoms. The zero-order valence-electron chi connectivity index (χ0n) is 19.7. The largest absolute Gasteiger partial charge is 0.497 e. The third-order valence-electron chi connectivity index (χ3n) is 5.69. The summed E-state index contributed by atoms with van der Waals surface area (Å²) in [6, 6.07) is 16.1. The lowest BCUT2D eigenvalue weighted by molar-refractivity contribution is -0.118. The zero-order valence-corrected chi connectivity index (χ0v) is 21.3. The summed E-state index contributed by atoms with van der Waals surface area (Å²) in [5.74, 6) is 0.300. The average Bonchev–Trinajstić information content (AvgIpc) is 3.32. The summed E-state index contributed by atoms with van der Waals surface area (Å²) in [5.41, 5.74) is 2.91. The molecule has 0 aliphatic heterocycles. The van der Waals surface area contributed by atoms with Crippen LogP contribution >= 0.6 is 11.3 Å². The Balaban J connectivity index is 1.52. The summed E-state index contributed by atoms with van der Waals surface area (Å²) >= 11 is 1.47. The van der Waals surface area contributed by atoms with Gasteiger partial charge in [0.05, 0.1) is 34.5 Å². The molecule has 0 aliphatic rings. The summed E-state index contributed by atoms with van der Waals surface area (Å²) in [5, 5.41) is 0.604. The van der Waals surface area contributed by atoms with Crippen LogP contribution in [0.4, 0.5) is 5.13 Å². The SMILES string of the molecule is CCc1cccc2sc(N(Cc3cccnc3)C(=O)CCCS(=O)(=O)c3ccc(OC)cc3)nc12. The highest BCUT2D eigenvalue weighted by molar-refractivity contribution is 7.91. The van der Waals surface area contributed by atoms with Gasteiger partial charge >= 0.3 is 0 Å². The summed E-state index contributed by atoms with van der Waals surface area (Å²) in [6.45, 7) is 2.40. The maximum Gasteiger partial charge on any atom is 0.229 e. The van der Waals surface area contributed by atoms with Gasteiger partial charge in [0.25, 0.3) is 0 Å². The maximum absolute atomic E-state index is 13.3. The van der Waals surface area contributed by atoms with E-state index < -0.39 is 9.84 Å². The minimum absolute atomic E-state index is 0.0895. The van der Waals surface area contributed by atoms with Gasteiger partial charge in [0.1, 0.15) is 5.75 Å². The summed E-state index contributed by atoms with van der Waals surface area (Å²) in [4.78, 5) is 24.2. The Morgan fingerprint density at radius 3 is 2.57 bits per heavy atom. The molecule has 2 heterocycles. The van der Waals surface area contributed by atoms with Crippen molar-refractivity contribution >= 4 is 42.4 Å². The first-order chi connectivity index (χ1) is 16.9. The first kappa shape index (κ1) is 24.8. The molecule has 0 N–H and O–H groups in total. The Kier molecular flexibility index (Phi) is 7.77. The van der Waals surface area contributed by atoms with E-state index in [0.29, 0.717) is 17.4 Å². The van der Waals surface area contributed by atoms with Gasteiger partial charge < -0.3 is 4.74 Å². The first-order valence-electron chi connectivity index (χ1n) is 11.4. The first-order valence-corrected chi connectivity index (χ1v) is 13.8. The number of aromatic nitrogens is 2. The van der Waals surface area contributed by atoms with E-state index in [4.69, 9.17) is 9.72 Å². The van der Waals surface area contributed by atoms with Crippen LogP contribution in [-0.2, 0) is 27.6 Å². The number of rotatable bonds is 10. The summed E-state index contributed by atoms with van der Waals surface area (Å²) in [6.07, 6.45) is 4.55. The number of ether oxygens (including phenoxy) is 1. The Labute approximate surface area is 209 Å². The van der Waals surface area contributed by atoms with Crippen LogP contribution in [0.2, 0.25) is 0 Å². The van der Waals surface area contributed by atoms with Gasteiger partial charge in [-0.3, -0.25) is 14.7 Å². The number of aryl methyl sites for hydroxylation is 1. The number of pyridine rings is 1. The second-order valence-corrected chi connectivity index (χ2v) is 11.2. The van der Waals surface area contributed by atoms with Crippen LogP contribution in [0.15, 0.2) is 71.9 Å². The van der Waals surface area contributed by atoms with E-state index in [2.05, 4.69) is 11.9 Å². The van der Waals surface area contributed by atoms with Crippen molar-refractivity contribution in [2.45, 2.75) is 37.6 Å². The Morgan fingerprint density at radius 2 is 1.89 bits per heavy atom. The molecule has 0 aliphatic carbocycles. The van der Waals surface area contributed by atoms with Crippen molar-refractivity contribution in [3.05, 3.63) is 78.1 Å². The molecule has 2 aromatic carbocycles. The van der Waals surface area contributed by atoms with Crippen LogP contribution in [-0.4, -0.2) is 37.2 Å².